The summed E-state index contributed by atoms with van der Waals surface area (Å²) >= 11 is 0. The van der Waals surface area contributed by atoms with E-state index in [-0.39, 0.29) is 11.9 Å². The minimum absolute atomic E-state index is 0.125. The predicted octanol–water partition coefficient (Wildman–Crippen LogP) is 1.55. The molecule has 2 rings (SSSR count). The Bertz CT molecular complexity index is 450. The van der Waals surface area contributed by atoms with Crippen molar-refractivity contribution in [3.63, 3.8) is 0 Å². The van der Waals surface area contributed by atoms with Crippen LogP contribution < -0.4 is 5.32 Å². The van der Waals surface area contributed by atoms with Crippen LogP contribution in [0.4, 0.5) is 11.5 Å². The Hall–Kier alpha value is -1.73. The van der Waals surface area contributed by atoms with Gasteiger partial charge in [-0.1, -0.05) is 0 Å². The van der Waals surface area contributed by atoms with Crippen molar-refractivity contribution in [3.8, 4) is 0 Å². The van der Waals surface area contributed by atoms with Gasteiger partial charge >= 0.3 is 5.82 Å². The molecule has 1 aliphatic heterocycles. The molecule has 7 nitrogen and oxygen atoms in total. The van der Waals surface area contributed by atoms with Gasteiger partial charge < -0.3 is 24.9 Å². The lowest BCUT2D eigenvalue weighted by molar-refractivity contribution is -0.388. The fraction of sp³-hybridized carbons (Fsp3) is 0.545. The molecule has 1 aliphatic rings. The third-order valence-corrected chi connectivity index (χ3v) is 2.55. The lowest BCUT2D eigenvalue weighted by Gasteiger charge is -2.17. The highest BCUT2D eigenvalue weighted by Crippen LogP contribution is 2.24. The maximum atomic E-state index is 10.8. The van der Waals surface area contributed by atoms with Gasteiger partial charge in [0.1, 0.15) is 18.0 Å². The third kappa shape index (κ3) is 2.93. The fourth-order valence-electron chi connectivity index (χ4n) is 1.77. The number of anilines is 1. The van der Waals surface area contributed by atoms with Crippen molar-refractivity contribution in [1.82, 2.24) is 4.98 Å². The van der Waals surface area contributed by atoms with Crippen LogP contribution in [0.15, 0.2) is 18.3 Å². The van der Waals surface area contributed by atoms with E-state index in [1.165, 1.54) is 6.20 Å². The van der Waals surface area contributed by atoms with E-state index in [0.29, 0.717) is 18.8 Å². The van der Waals surface area contributed by atoms with Gasteiger partial charge in [-0.2, -0.15) is 0 Å². The summed E-state index contributed by atoms with van der Waals surface area (Å²) in [5, 5.41) is 13.7. The van der Waals surface area contributed by atoms with E-state index in [9.17, 15) is 10.1 Å². The number of nitrogens with zero attached hydrogens (tertiary/aromatic N) is 2. The minimum atomic E-state index is -0.590. The van der Waals surface area contributed by atoms with Crippen molar-refractivity contribution in [2.24, 2.45) is 0 Å². The van der Waals surface area contributed by atoms with Crippen molar-refractivity contribution >= 4 is 11.5 Å². The smallest absolute Gasteiger partial charge is 0.375 e. The summed E-state index contributed by atoms with van der Waals surface area (Å²) in [6.45, 7) is 4.57. The molecule has 1 aromatic rings. The zero-order valence-electron chi connectivity index (χ0n) is 10.3. The van der Waals surface area contributed by atoms with E-state index >= 15 is 0 Å². The Labute approximate surface area is 104 Å². The monoisotopic (exact) mass is 253 g/mol. The van der Waals surface area contributed by atoms with Crippen LogP contribution in [-0.4, -0.2) is 35.0 Å². The van der Waals surface area contributed by atoms with Crippen LogP contribution in [0.25, 0.3) is 0 Å². The molecular formula is C11H15N3O4. The molecule has 1 atom stereocenters. The van der Waals surface area contributed by atoms with Gasteiger partial charge in [0, 0.05) is 6.54 Å². The van der Waals surface area contributed by atoms with Crippen LogP contribution in [0.3, 0.4) is 0 Å². The number of ether oxygens (including phenoxy) is 2. The molecule has 0 bridgehead atoms. The summed E-state index contributed by atoms with van der Waals surface area (Å²) in [6.07, 6.45) is 1.27. The van der Waals surface area contributed by atoms with Gasteiger partial charge in [0.15, 0.2) is 5.79 Å². The SMILES string of the molecule is CC1(C)OCC(CNc2cccnc2[N+](=O)[O-])O1. The van der Waals surface area contributed by atoms with E-state index in [0.717, 1.165) is 0 Å². The molecule has 1 saturated heterocycles. The molecule has 0 saturated carbocycles. The summed E-state index contributed by atoms with van der Waals surface area (Å²) < 4.78 is 11.0. The second kappa shape index (κ2) is 4.87. The van der Waals surface area contributed by atoms with Crippen molar-refractivity contribution in [1.29, 1.82) is 0 Å². The average Bonchev–Trinajstić information content (AvgIpc) is 2.66. The van der Waals surface area contributed by atoms with Crippen LogP contribution in [-0.2, 0) is 9.47 Å². The Morgan fingerprint density at radius 2 is 2.44 bits per heavy atom. The number of nitro groups is 1. The molecule has 1 unspecified atom stereocenters. The normalized spacial score (nSPS) is 21.8. The molecule has 0 aromatic carbocycles. The topological polar surface area (TPSA) is 86.5 Å². The first kappa shape index (κ1) is 12.7. The number of rotatable bonds is 4. The predicted molar refractivity (Wildman–Crippen MR) is 64.3 cm³/mol. The molecule has 18 heavy (non-hydrogen) atoms. The summed E-state index contributed by atoms with van der Waals surface area (Å²) in [4.78, 5) is 14.0. The summed E-state index contributed by atoms with van der Waals surface area (Å²) in [6, 6.07) is 3.26. The van der Waals surface area contributed by atoms with E-state index < -0.39 is 10.7 Å². The molecule has 1 fully saturated rings. The van der Waals surface area contributed by atoms with Crippen molar-refractivity contribution in [2.45, 2.75) is 25.7 Å². The largest absolute Gasteiger partial charge is 0.386 e. The second-order valence-electron chi connectivity index (χ2n) is 4.46. The van der Waals surface area contributed by atoms with Gasteiger partial charge in [-0.15, -0.1) is 0 Å². The first-order valence-electron chi connectivity index (χ1n) is 5.63. The van der Waals surface area contributed by atoms with Crippen LogP contribution in [0.5, 0.6) is 0 Å². The first-order valence-corrected chi connectivity index (χ1v) is 5.63. The summed E-state index contributed by atoms with van der Waals surface area (Å²) in [7, 11) is 0. The van der Waals surface area contributed by atoms with E-state index in [4.69, 9.17) is 9.47 Å². The quantitative estimate of drug-likeness (QED) is 0.647. The van der Waals surface area contributed by atoms with E-state index in [1.807, 2.05) is 13.8 Å². The second-order valence-corrected chi connectivity index (χ2v) is 4.46. The zero-order chi connectivity index (χ0) is 13.2. The van der Waals surface area contributed by atoms with Crippen LogP contribution >= 0.6 is 0 Å². The van der Waals surface area contributed by atoms with Gasteiger partial charge in [0.05, 0.1) is 6.61 Å². The van der Waals surface area contributed by atoms with Gasteiger partial charge in [-0.3, -0.25) is 0 Å². The number of pyridine rings is 1. The van der Waals surface area contributed by atoms with E-state index in [1.54, 1.807) is 12.1 Å². The van der Waals surface area contributed by atoms with Crippen molar-refractivity contribution in [3.05, 3.63) is 28.4 Å². The Morgan fingerprint density at radius 3 is 3.06 bits per heavy atom. The Kier molecular flexibility index (Phi) is 3.44. The number of hydrogen-bond acceptors (Lipinski definition) is 6. The number of aromatic nitrogens is 1. The molecule has 0 aliphatic carbocycles. The van der Waals surface area contributed by atoms with Crippen molar-refractivity contribution < 1.29 is 14.4 Å². The maximum absolute atomic E-state index is 10.8. The summed E-state index contributed by atoms with van der Waals surface area (Å²) in [5.41, 5.74) is 0.385. The highest BCUT2D eigenvalue weighted by atomic mass is 16.7. The molecule has 2 heterocycles. The van der Waals surface area contributed by atoms with Crippen molar-refractivity contribution in [2.75, 3.05) is 18.5 Å². The minimum Gasteiger partial charge on any atom is -0.375 e. The molecule has 1 aromatic heterocycles. The molecule has 1 N–H and O–H groups in total. The van der Waals surface area contributed by atoms with Crippen LogP contribution in [0, 0.1) is 10.1 Å². The highest BCUT2D eigenvalue weighted by molar-refractivity contribution is 5.56. The standard InChI is InChI=1S/C11H15N3O4/c1-11(2)17-7-8(18-11)6-13-9-4-3-5-12-10(9)14(15)16/h3-5,8,13H,6-7H2,1-2H3. The zero-order valence-corrected chi connectivity index (χ0v) is 10.3. The molecule has 0 spiro atoms. The van der Waals surface area contributed by atoms with Gasteiger partial charge in [0.25, 0.3) is 0 Å². The number of nitrogens with one attached hydrogen (secondary N) is 1. The lowest BCUT2D eigenvalue weighted by atomic mass is 10.3. The number of hydrogen-bond donors (Lipinski definition) is 1. The summed E-state index contributed by atoms with van der Waals surface area (Å²) in [5.74, 6) is -0.775. The Morgan fingerprint density at radius 1 is 1.67 bits per heavy atom. The Balaban J connectivity index is 1.97. The maximum Gasteiger partial charge on any atom is 0.386 e. The molecule has 0 radical (unpaired) electrons. The highest BCUT2D eigenvalue weighted by Gasteiger charge is 2.32. The molecular weight excluding hydrogens is 238 g/mol. The van der Waals surface area contributed by atoms with Crippen LogP contribution in [0.2, 0.25) is 0 Å². The fourth-order valence-corrected chi connectivity index (χ4v) is 1.77. The first-order chi connectivity index (χ1) is 8.48. The average molecular weight is 253 g/mol. The molecule has 98 valence electrons. The van der Waals surface area contributed by atoms with Gasteiger partial charge in [0.2, 0.25) is 0 Å². The van der Waals surface area contributed by atoms with E-state index in [2.05, 4.69) is 10.3 Å². The molecule has 7 heteroatoms. The molecule has 0 amide bonds. The van der Waals surface area contributed by atoms with Crippen LogP contribution in [0.1, 0.15) is 13.8 Å². The van der Waals surface area contributed by atoms with Gasteiger partial charge in [-0.05, 0) is 35.9 Å². The lowest BCUT2D eigenvalue weighted by Crippen LogP contribution is -2.26. The third-order valence-electron chi connectivity index (χ3n) is 2.55. The van der Waals surface area contributed by atoms with Gasteiger partial charge in [-0.25, -0.2) is 0 Å².